The molecule has 1 saturated heterocycles. The Labute approximate surface area is 152 Å². The summed E-state index contributed by atoms with van der Waals surface area (Å²) in [5.74, 6) is 0. The van der Waals surface area contributed by atoms with Crippen LogP contribution in [0.15, 0.2) is 61.1 Å². The van der Waals surface area contributed by atoms with Crippen molar-refractivity contribution in [3.63, 3.8) is 0 Å². The number of nitrogens with one attached hydrogen (secondary N) is 1. The first kappa shape index (κ1) is 15.8. The molecular formula is C19H19N5S. The number of nitrogens with zero attached hydrogens (tertiary/aromatic N) is 4. The predicted octanol–water partition coefficient (Wildman–Crippen LogP) is 3.18. The molecule has 1 N–H and O–H groups in total. The average molecular weight is 349 g/mol. The number of hydrogen-bond acceptors (Lipinski definition) is 3. The number of aryl methyl sites for hydroxylation is 1. The average Bonchev–Trinajstić information content (AvgIpc) is 3.16. The molecule has 0 spiro atoms. The van der Waals surface area contributed by atoms with Crippen LogP contribution >= 0.6 is 12.2 Å². The molecule has 3 aromatic heterocycles. The molecule has 0 radical (unpaired) electrons. The maximum atomic E-state index is 5.53. The standard InChI is InChI=1S/C19H19N5S/c1-13-8-9-16(24(13)14-6-5-10-20-12-14)18-17(22-19(25)23(18)2)15-7-3-4-11-21-15/h3-12,17-18H,1-2H3,(H,22,25)/t17-,18-/m1/s1. The van der Waals surface area contributed by atoms with E-state index in [1.54, 1.807) is 6.20 Å². The van der Waals surface area contributed by atoms with Crippen LogP contribution in [0.2, 0.25) is 0 Å². The summed E-state index contributed by atoms with van der Waals surface area (Å²) >= 11 is 5.53. The molecule has 25 heavy (non-hydrogen) atoms. The summed E-state index contributed by atoms with van der Waals surface area (Å²) in [6.07, 6.45) is 5.49. The Bertz CT molecular complexity index is 891. The molecule has 126 valence electrons. The van der Waals surface area contributed by atoms with Crippen molar-refractivity contribution in [1.82, 2.24) is 24.8 Å². The molecule has 0 aromatic carbocycles. The molecule has 0 saturated carbocycles. The van der Waals surface area contributed by atoms with E-state index in [0.717, 1.165) is 27.9 Å². The summed E-state index contributed by atoms with van der Waals surface area (Å²) < 4.78 is 2.24. The first-order valence-corrected chi connectivity index (χ1v) is 8.60. The third kappa shape index (κ3) is 2.68. The van der Waals surface area contributed by atoms with Gasteiger partial charge in [0.15, 0.2) is 5.11 Å². The van der Waals surface area contributed by atoms with Gasteiger partial charge in [-0.1, -0.05) is 6.07 Å². The normalized spacial score (nSPS) is 19.9. The SMILES string of the molecule is Cc1ccc([C@@H]2[C@@H](c3ccccn3)NC(=S)N2C)n1-c1cccnc1. The zero-order valence-electron chi connectivity index (χ0n) is 14.1. The van der Waals surface area contributed by atoms with Gasteiger partial charge in [-0.3, -0.25) is 9.97 Å². The second kappa shape index (κ2) is 6.29. The van der Waals surface area contributed by atoms with E-state index in [4.69, 9.17) is 12.2 Å². The summed E-state index contributed by atoms with van der Waals surface area (Å²) in [5.41, 5.74) is 4.35. The third-order valence-electron chi connectivity index (χ3n) is 4.65. The van der Waals surface area contributed by atoms with Gasteiger partial charge in [-0.2, -0.15) is 0 Å². The van der Waals surface area contributed by atoms with Crippen molar-refractivity contribution in [1.29, 1.82) is 0 Å². The Morgan fingerprint density at radius 2 is 1.96 bits per heavy atom. The van der Waals surface area contributed by atoms with Crippen LogP contribution in [0, 0.1) is 6.92 Å². The fourth-order valence-corrected chi connectivity index (χ4v) is 3.70. The Morgan fingerprint density at radius 1 is 1.08 bits per heavy atom. The summed E-state index contributed by atoms with van der Waals surface area (Å²) in [4.78, 5) is 10.9. The van der Waals surface area contributed by atoms with E-state index < -0.39 is 0 Å². The van der Waals surface area contributed by atoms with Crippen LogP contribution in [0.5, 0.6) is 0 Å². The van der Waals surface area contributed by atoms with Gasteiger partial charge in [0.25, 0.3) is 0 Å². The lowest BCUT2D eigenvalue weighted by molar-refractivity contribution is 0.356. The zero-order chi connectivity index (χ0) is 17.4. The van der Waals surface area contributed by atoms with Crippen LogP contribution in [-0.2, 0) is 0 Å². The van der Waals surface area contributed by atoms with E-state index in [2.05, 4.69) is 49.9 Å². The van der Waals surface area contributed by atoms with Crippen LogP contribution in [0.25, 0.3) is 5.69 Å². The van der Waals surface area contributed by atoms with Crippen molar-refractivity contribution in [2.45, 2.75) is 19.0 Å². The predicted molar refractivity (Wildman–Crippen MR) is 102 cm³/mol. The van der Waals surface area contributed by atoms with Gasteiger partial charge in [-0.25, -0.2) is 0 Å². The molecule has 3 aromatic rings. The van der Waals surface area contributed by atoms with Gasteiger partial charge in [0.05, 0.1) is 29.7 Å². The van der Waals surface area contributed by atoms with Crippen LogP contribution in [0.4, 0.5) is 0 Å². The summed E-state index contributed by atoms with van der Waals surface area (Å²) in [6.45, 7) is 2.10. The van der Waals surface area contributed by atoms with Gasteiger partial charge >= 0.3 is 0 Å². The highest BCUT2D eigenvalue weighted by atomic mass is 32.1. The van der Waals surface area contributed by atoms with E-state index >= 15 is 0 Å². The second-order valence-electron chi connectivity index (χ2n) is 6.18. The Hall–Kier alpha value is -2.73. The van der Waals surface area contributed by atoms with Crippen molar-refractivity contribution in [2.75, 3.05) is 7.05 Å². The first-order valence-electron chi connectivity index (χ1n) is 8.19. The molecule has 0 aliphatic carbocycles. The Kier molecular flexibility index (Phi) is 3.97. The first-order chi connectivity index (χ1) is 12.2. The van der Waals surface area contributed by atoms with E-state index in [1.807, 2.05) is 43.7 Å². The lowest BCUT2D eigenvalue weighted by Gasteiger charge is -2.26. The number of hydrogen-bond donors (Lipinski definition) is 1. The molecule has 4 rings (SSSR count). The minimum Gasteiger partial charge on any atom is -0.352 e. The van der Waals surface area contributed by atoms with Gasteiger partial charge in [-0.05, 0) is 55.5 Å². The molecule has 1 aliphatic rings. The van der Waals surface area contributed by atoms with Crippen LogP contribution < -0.4 is 5.32 Å². The fourth-order valence-electron chi connectivity index (χ4n) is 3.46. The topological polar surface area (TPSA) is 46.0 Å². The molecule has 1 aliphatic heterocycles. The van der Waals surface area contributed by atoms with Crippen LogP contribution in [0.1, 0.15) is 29.2 Å². The number of thiocarbonyl (C=S) groups is 1. The maximum absolute atomic E-state index is 5.53. The third-order valence-corrected chi connectivity index (χ3v) is 5.06. The zero-order valence-corrected chi connectivity index (χ0v) is 14.9. The van der Waals surface area contributed by atoms with E-state index in [-0.39, 0.29) is 12.1 Å². The quantitative estimate of drug-likeness (QED) is 0.736. The Balaban J connectivity index is 1.84. The van der Waals surface area contributed by atoms with Crippen molar-refractivity contribution in [3.8, 4) is 5.69 Å². The van der Waals surface area contributed by atoms with Gasteiger partial charge in [0, 0.05) is 30.8 Å². The number of aromatic nitrogens is 3. The maximum Gasteiger partial charge on any atom is 0.169 e. The fraction of sp³-hybridized carbons (Fsp3) is 0.211. The van der Waals surface area contributed by atoms with Gasteiger partial charge in [0.2, 0.25) is 0 Å². The van der Waals surface area contributed by atoms with Crippen molar-refractivity contribution in [2.24, 2.45) is 0 Å². The molecule has 6 heteroatoms. The number of rotatable bonds is 3. The highest BCUT2D eigenvalue weighted by Gasteiger charge is 2.39. The molecule has 2 atom stereocenters. The van der Waals surface area contributed by atoms with Gasteiger partial charge in [-0.15, -0.1) is 0 Å². The van der Waals surface area contributed by atoms with E-state index in [9.17, 15) is 0 Å². The highest BCUT2D eigenvalue weighted by molar-refractivity contribution is 7.80. The van der Waals surface area contributed by atoms with Crippen LogP contribution in [-0.4, -0.2) is 31.6 Å². The molecule has 4 heterocycles. The van der Waals surface area contributed by atoms with Gasteiger partial charge < -0.3 is 14.8 Å². The smallest absolute Gasteiger partial charge is 0.169 e. The summed E-state index contributed by atoms with van der Waals surface area (Å²) in [5, 5.41) is 4.16. The molecule has 0 amide bonds. The monoisotopic (exact) mass is 349 g/mol. The van der Waals surface area contributed by atoms with Gasteiger partial charge in [0.1, 0.15) is 0 Å². The van der Waals surface area contributed by atoms with Crippen molar-refractivity contribution < 1.29 is 0 Å². The molecule has 5 nitrogen and oxygen atoms in total. The summed E-state index contributed by atoms with van der Waals surface area (Å²) in [6, 6.07) is 14.3. The second-order valence-corrected chi connectivity index (χ2v) is 6.57. The largest absolute Gasteiger partial charge is 0.352 e. The van der Waals surface area contributed by atoms with Crippen molar-refractivity contribution >= 4 is 17.3 Å². The minimum atomic E-state index is 0.00317. The highest BCUT2D eigenvalue weighted by Crippen LogP contribution is 2.38. The van der Waals surface area contributed by atoms with E-state index in [0.29, 0.717) is 0 Å². The molecule has 0 bridgehead atoms. The lowest BCUT2D eigenvalue weighted by atomic mass is 10.0. The molecule has 0 unspecified atom stereocenters. The molecular weight excluding hydrogens is 330 g/mol. The lowest BCUT2D eigenvalue weighted by Crippen LogP contribution is -2.26. The number of pyridine rings is 2. The van der Waals surface area contributed by atoms with Crippen molar-refractivity contribution in [3.05, 3.63) is 78.1 Å². The minimum absolute atomic E-state index is 0.00317. The van der Waals surface area contributed by atoms with E-state index in [1.165, 1.54) is 0 Å². The summed E-state index contributed by atoms with van der Waals surface area (Å²) in [7, 11) is 2.03. The number of likely N-dealkylation sites (N-methyl/N-ethyl adjacent to an activating group) is 1. The van der Waals surface area contributed by atoms with Crippen LogP contribution in [0.3, 0.4) is 0 Å². The Morgan fingerprint density at radius 3 is 2.68 bits per heavy atom. The molecule has 1 fully saturated rings.